The normalized spacial score (nSPS) is 17.4. The number of nitrogens with zero attached hydrogens (tertiary/aromatic N) is 4. The molecule has 1 aliphatic rings. The largest absolute Gasteiger partial charge is 0.378 e. The molecular formula is C30H33N5S. The van der Waals surface area contributed by atoms with Gasteiger partial charge in [-0.25, -0.2) is 0 Å². The van der Waals surface area contributed by atoms with Crippen molar-refractivity contribution >= 4 is 28.7 Å². The molecule has 0 amide bonds. The van der Waals surface area contributed by atoms with Gasteiger partial charge in [0.1, 0.15) is 0 Å². The first kappa shape index (κ1) is 24.1. The van der Waals surface area contributed by atoms with Crippen molar-refractivity contribution in [1.29, 1.82) is 0 Å². The summed E-state index contributed by atoms with van der Waals surface area (Å²) in [4.78, 5) is 9.10. The number of hydrogen-bond acceptors (Lipinski definition) is 3. The first-order chi connectivity index (χ1) is 17.3. The van der Waals surface area contributed by atoms with Gasteiger partial charge in [0.15, 0.2) is 5.11 Å². The predicted molar refractivity (Wildman–Crippen MR) is 153 cm³/mol. The summed E-state index contributed by atoms with van der Waals surface area (Å²) in [5, 5.41) is 4.32. The lowest BCUT2D eigenvalue weighted by Gasteiger charge is -2.28. The molecule has 3 heterocycles. The molecule has 6 heteroatoms. The summed E-state index contributed by atoms with van der Waals surface area (Å²) in [6.07, 6.45) is 1.85. The van der Waals surface area contributed by atoms with Crippen molar-refractivity contribution in [3.8, 4) is 5.69 Å². The highest BCUT2D eigenvalue weighted by molar-refractivity contribution is 7.80. The summed E-state index contributed by atoms with van der Waals surface area (Å²) < 4.78 is 2.34. The quantitative estimate of drug-likeness (QED) is 0.327. The second kappa shape index (κ2) is 9.43. The number of anilines is 2. The van der Waals surface area contributed by atoms with Crippen molar-refractivity contribution in [1.82, 2.24) is 14.9 Å². The molecule has 1 N–H and O–H groups in total. The van der Waals surface area contributed by atoms with E-state index < -0.39 is 0 Å². The molecule has 0 unspecified atom stereocenters. The molecule has 1 fully saturated rings. The van der Waals surface area contributed by atoms with E-state index in [0.29, 0.717) is 0 Å². The second-order valence-corrected chi connectivity index (χ2v) is 10.2. The molecule has 1 aliphatic heterocycles. The predicted octanol–water partition coefficient (Wildman–Crippen LogP) is 6.35. The molecule has 0 bridgehead atoms. The van der Waals surface area contributed by atoms with Gasteiger partial charge in [-0.2, -0.15) is 0 Å². The molecule has 2 aromatic carbocycles. The minimum Gasteiger partial charge on any atom is -0.378 e. The Morgan fingerprint density at radius 2 is 1.58 bits per heavy atom. The van der Waals surface area contributed by atoms with Crippen molar-refractivity contribution in [2.75, 3.05) is 23.9 Å². The number of aromatic nitrogens is 2. The van der Waals surface area contributed by atoms with E-state index in [1.165, 1.54) is 33.8 Å². The standard InChI is InChI=1S/C30H33N5S/c1-19-10-11-25(17-20(19)2)35-29(28(32-30(35)36)27-9-7-8-16-31-27)26-18-21(3)34(22(26)4)24-14-12-23(13-15-24)33(5)6/h7-18,28-29H,1-6H3,(H,32,36)/t28-,29+/m0/s1. The van der Waals surface area contributed by atoms with Gasteiger partial charge in [0, 0.05) is 48.7 Å². The van der Waals surface area contributed by atoms with E-state index >= 15 is 0 Å². The third-order valence-corrected chi connectivity index (χ3v) is 7.59. The Kier molecular flexibility index (Phi) is 6.31. The molecule has 36 heavy (non-hydrogen) atoms. The van der Waals surface area contributed by atoms with E-state index in [9.17, 15) is 0 Å². The lowest BCUT2D eigenvalue weighted by molar-refractivity contribution is 0.565. The number of nitrogens with one attached hydrogen (secondary N) is 1. The third-order valence-electron chi connectivity index (χ3n) is 7.28. The van der Waals surface area contributed by atoms with Crippen LogP contribution in [-0.4, -0.2) is 28.8 Å². The Bertz CT molecular complexity index is 1410. The van der Waals surface area contributed by atoms with Crippen LogP contribution in [0.25, 0.3) is 5.69 Å². The van der Waals surface area contributed by atoms with Crippen LogP contribution in [0.3, 0.4) is 0 Å². The number of rotatable bonds is 5. The van der Waals surface area contributed by atoms with Gasteiger partial charge in [-0.1, -0.05) is 12.1 Å². The van der Waals surface area contributed by atoms with Crippen LogP contribution in [0.1, 0.15) is 45.9 Å². The van der Waals surface area contributed by atoms with Gasteiger partial charge in [0.25, 0.3) is 0 Å². The molecule has 0 spiro atoms. The van der Waals surface area contributed by atoms with Crippen LogP contribution in [0.5, 0.6) is 0 Å². The van der Waals surface area contributed by atoms with Gasteiger partial charge in [-0.15, -0.1) is 0 Å². The Labute approximate surface area is 219 Å². The molecule has 0 saturated carbocycles. The summed E-state index contributed by atoms with van der Waals surface area (Å²) in [6.45, 7) is 8.67. The monoisotopic (exact) mass is 495 g/mol. The average Bonchev–Trinajstić information content (AvgIpc) is 3.36. The van der Waals surface area contributed by atoms with E-state index in [1.54, 1.807) is 0 Å². The molecule has 184 valence electrons. The smallest absolute Gasteiger partial charge is 0.174 e. The zero-order valence-corrected chi connectivity index (χ0v) is 22.6. The molecule has 4 aromatic rings. The molecule has 0 aliphatic carbocycles. The SMILES string of the molecule is Cc1ccc(N2C(=S)N[C@@H](c3ccccn3)[C@H]2c2cc(C)n(-c3ccc(N(C)C)cc3)c2C)cc1C. The maximum atomic E-state index is 5.94. The molecule has 5 rings (SSSR count). The van der Waals surface area contributed by atoms with Gasteiger partial charge >= 0.3 is 0 Å². The first-order valence-electron chi connectivity index (χ1n) is 12.3. The summed E-state index contributed by atoms with van der Waals surface area (Å²) in [5.74, 6) is 0. The second-order valence-electron chi connectivity index (χ2n) is 9.84. The number of hydrogen-bond donors (Lipinski definition) is 1. The third kappa shape index (κ3) is 4.16. The Morgan fingerprint density at radius 1 is 0.861 bits per heavy atom. The van der Waals surface area contributed by atoms with E-state index in [0.717, 1.165) is 22.2 Å². The fraction of sp³-hybridized carbons (Fsp3) is 0.267. The maximum absolute atomic E-state index is 5.94. The summed E-state index contributed by atoms with van der Waals surface area (Å²) in [7, 11) is 4.13. The van der Waals surface area contributed by atoms with Crippen molar-refractivity contribution in [3.63, 3.8) is 0 Å². The van der Waals surface area contributed by atoms with Gasteiger partial charge in [-0.3, -0.25) is 4.98 Å². The fourth-order valence-electron chi connectivity index (χ4n) is 5.21. The highest BCUT2D eigenvalue weighted by Crippen LogP contribution is 2.44. The number of benzene rings is 2. The van der Waals surface area contributed by atoms with Crippen LogP contribution in [0, 0.1) is 27.7 Å². The fourth-order valence-corrected chi connectivity index (χ4v) is 5.55. The lowest BCUT2D eigenvalue weighted by Crippen LogP contribution is -2.29. The molecule has 1 saturated heterocycles. The van der Waals surface area contributed by atoms with Crippen molar-refractivity contribution < 1.29 is 0 Å². The molecular weight excluding hydrogens is 462 g/mol. The van der Waals surface area contributed by atoms with Crippen molar-refractivity contribution in [2.24, 2.45) is 0 Å². The molecule has 5 nitrogen and oxygen atoms in total. The van der Waals surface area contributed by atoms with E-state index in [2.05, 4.69) is 116 Å². The van der Waals surface area contributed by atoms with Crippen LogP contribution in [0.15, 0.2) is 72.9 Å². The number of thiocarbonyl (C=S) groups is 1. The minimum absolute atomic E-state index is 0.0319. The van der Waals surface area contributed by atoms with Gasteiger partial charge in [0.05, 0.1) is 17.8 Å². The maximum Gasteiger partial charge on any atom is 0.174 e. The van der Waals surface area contributed by atoms with Gasteiger partial charge in [0.2, 0.25) is 0 Å². The van der Waals surface area contributed by atoms with Crippen LogP contribution in [0.2, 0.25) is 0 Å². The Hall–Kier alpha value is -3.64. The zero-order chi connectivity index (χ0) is 25.6. The molecule has 0 radical (unpaired) electrons. The van der Waals surface area contributed by atoms with E-state index in [-0.39, 0.29) is 12.1 Å². The molecule has 2 aromatic heterocycles. The topological polar surface area (TPSA) is 36.3 Å². The van der Waals surface area contributed by atoms with E-state index in [1.807, 2.05) is 18.3 Å². The zero-order valence-electron chi connectivity index (χ0n) is 21.8. The van der Waals surface area contributed by atoms with Crippen LogP contribution in [-0.2, 0) is 0 Å². The summed E-state index contributed by atoms with van der Waals surface area (Å²) in [6, 6.07) is 23.6. The van der Waals surface area contributed by atoms with Crippen molar-refractivity contribution in [2.45, 2.75) is 39.8 Å². The van der Waals surface area contributed by atoms with Crippen LogP contribution in [0.4, 0.5) is 11.4 Å². The Balaban J connectivity index is 1.65. The number of pyridine rings is 1. The van der Waals surface area contributed by atoms with Crippen LogP contribution < -0.4 is 15.1 Å². The molecule has 2 atom stereocenters. The highest BCUT2D eigenvalue weighted by Gasteiger charge is 2.42. The van der Waals surface area contributed by atoms with Gasteiger partial charge in [-0.05, 0) is 111 Å². The highest BCUT2D eigenvalue weighted by atomic mass is 32.1. The summed E-state index contributed by atoms with van der Waals surface area (Å²) >= 11 is 5.94. The van der Waals surface area contributed by atoms with Crippen molar-refractivity contribution in [3.05, 3.63) is 107 Å². The number of aryl methyl sites for hydroxylation is 3. The minimum atomic E-state index is -0.0645. The average molecular weight is 496 g/mol. The van der Waals surface area contributed by atoms with E-state index in [4.69, 9.17) is 17.2 Å². The lowest BCUT2D eigenvalue weighted by atomic mass is 9.96. The Morgan fingerprint density at radius 3 is 2.22 bits per heavy atom. The van der Waals surface area contributed by atoms with Crippen LogP contribution >= 0.6 is 12.2 Å². The van der Waals surface area contributed by atoms with Gasteiger partial charge < -0.3 is 19.7 Å². The first-order valence-corrected chi connectivity index (χ1v) is 12.7. The summed E-state index contributed by atoms with van der Waals surface area (Å²) in [5.41, 5.74) is 10.6.